The Morgan fingerprint density at radius 2 is 0.752 bits per heavy atom. The number of ether oxygens (including phenoxy) is 5. The van der Waals surface area contributed by atoms with Crippen LogP contribution in [0.1, 0.15) is 263 Å². The average molecular weight is 1720 g/mol. The largest absolute Gasteiger partial charge is 0.496 e. The van der Waals surface area contributed by atoms with Crippen LogP contribution >= 0.6 is 0 Å². The molecule has 0 saturated carbocycles. The smallest absolute Gasteiger partial charge is 0.256 e. The molecule has 0 bridgehead atoms. The highest BCUT2D eigenvalue weighted by Crippen LogP contribution is 2.44. The van der Waals surface area contributed by atoms with Gasteiger partial charge in [0.05, 0.1) is 61.7 Å². The van der Waals surface area contributed by atoms with Crippen LogP contribution in [-0.2, 0) is 59.7 Å². The van der Waals surface area contributed by atoms with Gasteiger partial charge in [0, 0.05) is 182 Å². The van der Waals surface area contributed by atoms with Crippen LogP contribution in [0.25, 0.3) is 32.9 Å². The fourth-order valence-electron chi connectivity index (χ4n) is 20.2. The molecule has 0 radical (unpaired) electrons. The number of nitrogens with one attached hydrogen (secondary N) is 6. The van der Waals surface area contributed by atoms with Crippen molar-refractivity contribution in [3.8, 4) is 11.5 Å². The van der Waals surface area contributed by atoms with E-state index in [1.54, 1.807) is 19.1 Å². The van der Waals surface area contributed by atoms with E-state index < -0.39 is 0 Å². The number of aryl methyl sites for hydroxylation is 4. The predicted molar refractivity (Wildman–Crippen MR) is 496 cm³/mol. The van der Waals surface area contributed by atoms with Gasteiger partial charge in [-0.15, -0.1) is 0 Å². The number of carbonyl (C=O) groups is 3. The number of fused-ring (bicyclic) bond motifs is 3. The third-order valence-electron chi connectivity index (χ3n) is 27.0. The minimum atomic E-state index is -0.264. The summed E-state index contributed by atoms with van der Waals surface area (Å²) in [4.78, 5) is 104. The molecule has 0 atom stereocenters. The Hall–Kier alpha value is -9.70. The van der Waals surface area contributed by atoms with Crippen LogP contribution in [0.5, 0.6) is 11.5 Å². The molecular weight excluding hydrogens is 1580 g/mol. The summed E-state index contributed by atoms with van der Waals surface area (Å²) in [6, 6.07) is 20.3. The van der Waals surface area contributed by atoms with Crippen molar-refractivity contribution >= 4 is 67.7 Å². The quantitative estimate of drug-likeness (QED) is 0.0254. The first-order valence-electron chi connectivity index (χ1n) is 46.5. The Balaban J connectivity index is 0.000000161. The number of rotatable bonds is 29. The van der Waals surface area contributed by atoms with Gasteiger partial charge in [0.25, 0.3) is 34.4 Å². The van der Waals surface area contributed by atoms with Gasteiger partial charge in [-0.05, 0) is 270 Å². The number of aromatic nitrogens is 3. The van der Waals surface area contributed by atoms with Crippen LogP contribution < -0.4 is 56.8 Å². The lowest BCUT2D eigenvalue weighted by molar-refractivity contribution is 0.0845. The molecule has 6 N–H and O–H groups in total. The summed E-state index contributed by atoms with van der Waals surface area (Å²) in [6.07, 6.45) is 14.4. The van der Waals surface area contributed by atoms with E-state index in [-0.39, 0.29) is 54.0 Å². The fourth-order valence-corrected chi connectivity index (χ4v) is 20.2. The molecule has 26 nitrogen and oxygen atoms in total. The van der Waals surface area contributed by atoms with Crippen LogP contribution in [0.15, 0.2) is 82.2 Å². The van der Waals surface area contributed by atoms with Crippen molar-refractivity contribution in [1.82, 2.24) is 45.6 Å². The summed E-state index contributed by atoms with van der Waals surface area (Å²) >= 11 is 0. The molecule has 0 aliphatic carbocycles. The molecule has 0 unspecified atom stereocenters. The van der Waals surface area contributed by atoms with Gasteiger partial charge in [-0.2, -0.15) is 0 Å². The summed E-state index contributed by atoms with van der Waals surface area (Å²) < 4.78 is 47.6. The second-order valence-corrected chi connectivity index (χ2v) is 35.4. The standard InChI is InChI=1S/C34H48N4O5.C34H48N4O4.C31H42N4O5/c1-7-25-28(38(8-2)24-11-15-42-16-12-24)19-31-26(18-29(43-31)23-9-13-37(14-10-23)21(3)4)32(25)34(40)35-20-27-30(41-6)17-22(5)36-33(27)39;1-7-26-29(38(8-2)25-11-15-41-16-12-25)19-31-27(18-30(42-31)24-9-13-37(14-10-24)21(3)4)32(26)34(40)35-20-28-22(5)17-23(6)36-33(28)39;1-5-23-26(35(6-2)21-9-13-39-14-10-21)17-28-24(16-22(40-28)19-34-11-7-8-12-34)29(23)31(37)32-18-25-27(38-4)15-20(3)33-30(25)36/h17-19,21,23-24H,7-16,20H2,1-6H3,(H,35,40)(H,36,39);17-19,21,24-25H,7-16,20H2,1-6H3,(H,35,40)(H,36,39);15-17,21H,5-14,18-19H2,1-4H3,(H,32,37)(H,33,36). The van der Waals surface area contributed by atoms with Crippen molar-refractivity contribution in [2.24, 2.45) is 0 Å². The number of pyridine rings is 3. The van der Waals surface area contributed by atoms with Crippen molar-refractivity contribution in [2.75, 3.05) is 127 Å². The molecule has 6 fully saturated rings. The molecule has 12 heterocycles. The third kappa shape index (κ3) is 21.3. The molecule has 0 spiro atoms. The van der Waals surface area contributed by atoms with Crippen LogP contribution in [0, 0.1) is 27.7 Å². The van der Waals surface area contributed by atoms with Crippen LogP contribution in [0.3, 0.4) is 0 Å². The number of piperidine rings is 2. The lowest BCUT2D eigenvalue weighted by Crippen LogP contribution is -2.40. The highest BCUT2D eigenvalue weighted by atomic mass is 16.5. The number of hydrogen-bond acceptors (Lipinski definition) is 20. The highest BCUT2D eigenvalue weighted by Gasteiger charge is 2.36. The molecule has 6 saturated heterocycles. The molecule has 15 rings (SSSR count). The molecule has 678 valence electrons. The van der Waals surface area contributed by atoms with E-state index in [0.717, 1.165) is 264 Å². The summed E-state index contributed by atoms with van der Waals surface area (Å²) in [5.41, 5.74) is 14.2. The van der Waals surface area contributed by atoms with E-state index in [2.05, 4.69) is 160 Å². The number of anilines is 3. The zero-order valence-electron chi connectivity index (χ0n) is 77.2. The predicted octanol–water partition coefficient (Wildman–Crippen LogP) is 15.9. The first-order valence-corrected chi connectivity index (χ1v) is 46.5. The van der Waals surface area contributed by atoms with Gasteiger partial charge in [0.2, 0.25) is 0 Å². The van der Waals surface area contributed by atoms with Crippen molar-refractivity contribution in [1.29, 1.82) is 0 Å². The Bertz CT molecular complexity index is 5380. The lowest BCUT2D eigenvalue weighted by atomic mass is 9.92. The minimum absolute atomic E-state index is 0.0579. The minimum Gasteiger partial charge on any atom is -0.496 e. The van der Waals surface area contributed by atoms with E-state index in [9.17, 15) is 28.8 Å². The summed E-state index contributed by atoms with van der Waals surface area (Å²) in [7, 11) is 3.07. The topological polar surface area (TPSA) is 291 Å². The Morgan fingerprint density at radius 3 is 1.08 bits per heavy atom. The fraction of sp³-hybridized carbons (Fsp3) is 0.576. The van der Waals surface area contributed by atoms with Crippen molar-refractivity contribution in [3.05, 3.63) is 176 Å². The number of amides is 3. The zero-order chi connectivity index (χ0) is 88.9. The molecule has 26 heteroatoms. The van der Waals surface area contributed by atoms with E-state index in [4.69, 9.17) is 36.9 Å². The van der Waals surface area contributed by atoms with Crippen molar-refractivity contribution < 1.29 is 51.3 Å². The van der Waals surface area contributed by atoms with Crippen LogP contribution in [-0.4, -0.2) is 190 Å². The van der Waals surface area contributed by atoms with Crippen molar-refractivity contribution in [3.63, 3.8) is 0 Å². The number of carbonyl (C=O) groups excluding carboxylic acids is 3. The molecular formula is C99H138N12O14. The maximum absolute atomic E-state index is 14.2. The number of hydrogen-bond donors (Lipinski definition) is 6. The van der Waals surface area contributed by atoms with Crippen LogP contribution in [0.4, 0.5) is 17.1 Å². The average Bonchev–Trinajstić information content (AvgIpc) is 1.51. The maximum atomic E-state index is 14.2. The number of nitrogens with zero attached hydrogens (tertiary/aromatic N) is 6. The zero-order valence-corrected chi connectivity index (χ0v) is 77.2. The van der Waals surface area contributed by atoms with Gasteiger partial charge in [0.1, 0.15) is 45.5 Å². The number of aromatic amines is 3. The van der Waals surface area contributed by atoms with Gasteiger partial charge in [-0.1, -0.05) is 20.8 Å². The molecule has 6 aromatic heterocycles. The van der Waals surface area contributed by atoms with E-state index in [1.165, 1.54) is 27.1 Å². The Kier molecular flexibility index (Phi) is 31.8. The number of methoxy groups -OCH3 is 2. The van der Waals surface area contributed by atoms with Gasteiger partial charge >= 0.3 is 0 Å². The van der Waals surface area contributed by atoms with Gasteiger partial charge < -0.3 is 92.3 Å². The summed E-state index contributed by atoms with van der Waals surface area (Å²) in [5, 5.41) is 11.7. The highest BCUT2D eigenvalue weighted by molar-refractivity contribution is 6.11. The molecule has 125 heavy (non-hydrogen) atoms. The second kappa shape index (κ2) is 42.7. The third-order valence-corrected chi connectivity index (χ3v) is 27.0. The van der Waals surface area contributed by atoms with E-state index >= 15 is 0 Å². The normalized spacial score (nSPS) is 17.0. The first-order chi connectivity index (χ1) is 60.4. The lowest BCUT2D eigenvalue weighted by Gasteiger charge is -2.37. The summed E-state index contributed by atoms with van der Waals surface area (Å²) in [5.74, 6) is 3.79. The SMILES string of the molecule is CCc1c(N(CC)C2CCOCC2)cc2oc(C3CCN(C(C)C)CC3)cc2c1C(=O)NCc1c(C)cc(C)[nH]c1=O.CCc1c(N(CC)C2CCOCC2)cc2oc(C3CCN(C(C)C)CC3)cc2c1C(=O)NCc1c(OC)cc(C)[nH]c1=O.CCc1c(N(CC)C2CCOCC2)cc2oc(CN3CCCC3)cc2c1C(=O)NCc1c(OC)cc(C)[nH]c1=O. The number of benzene rings is 3. The van der Waals surface area contributed by atoms with Crippen LogP contribution in [0.2, 0.25) is 0 Å². The summed E-state index contributed by atoms with van der Waals surface area (Å²) in [6.45, 7) is 43.5. The molecule has 6 aliphatic heterocycles. The Labute approximate surface area is 736 Å². The Morgan fingerprint density at radius 1 is 0.424 bits per heavy atom. The van der Waals surface area contributed by atoms with Crippen molar-refractivity contribution in [2.45, 2.75) is 261 Å². The number of H-pyrrole nitrogens is 3. The van der Waals surface area contributed by atoms with Gasteiger partial charge in [-0.25, -0.2) is 0 Å². The van der Waals surface area contributed by atoms with E-state index in [1.807, 2.05) is 32.9 Å². The monoisotopic (exact) mass is 1720 g/mol. The van der Waals surface area contributed by atoms with Gasteiger partial charge in [-0.3, -0.25) is 33.7 Å². The number of likely N-dealkylation sites (tertiary alicyclic amines) is 3. The second-order valence-electron chi connectivity index (χ2n) is 35.4. The van der Waals surface area contributed by atoms with E-state index in [0.29, 0.717) is 118 Å². The van der Waals surface area contributed by atoms with Gasteiger partial charge in [0.15, 0.2) is 0 Å². The first kappa shape index (κ1) is 93.0. The molecule has 3 aromatic carbocycles. The number of furan rings is 3. The molecule has 3 amide bonds. The molecule has 9 aromatic rings. The maximum Gasteiger partial charge on any atom is 0.256 e. The molecule has 6 aliphatic rings.